The molecule has 0 aromatic heterocycles. The highest BCUT2D eigenvalue weighted by Crippen LogP contribution is 2.25. The van der Waals surface area contributed by atoms with Gasteiger partial charge in [0.05, 0.1) is 15.5 Å². The predicted molar refractivity (Wildman–Crippen MR) is 126 cm³/mol. The summed E-state index contributed by atoms with van der Waals surface area (Å²) >= 11 is 6.25. The Hall–Kier alpha value is -1.93. The maximum atomic E-state index is 13.0. The largest absolute Gasteiger partial charge is 0.348 e. The first-order chi connectivity index (χ1) is 15.4. The zero-order valence-corrected chi connectivity index (χ0v) is 19.8. The minimum absolute atomic E-state index is 0.113. The number of rotatable bonds is 7. The molecule has 2 aromatic rings. The second kappa shape index (κ2) is 10.3. The van der Waals surface area contributed by atoms with Gasteiger partial charge in [-0.1, -0.05) is 42.3 Å². The third kappa shape index (κ3) is 5.52. The molecule has 0 aliphatic carbocycles. The zero-order valence-electron chi connectivity index (χ0n) is 18.2. The molecule has 2 saturated heterocycles. The highest BCUT2D eigenvalue weighted by molar-refractivity contribution is 7.89. The first-order valence-corrected chi connectivity index (χ1v) is 13.1. The number of likely N-dealkylation sites (tertiary alicyclic amines) is 1. The molecule has 0 saturated carbocycles. The topological polar surface area (TPSA) is 69.7 Å². The summed E-state index contributed by atoms with van der Waals surface area (Å²) in [6.07, 6.45) is 5.26. The summed E-state index contributed by atoms with van der Waals surface area (Å²) in [4.78, 5) is 15.4. The van der Waals surface area contributed by atoms with Crippen molar-refractivity contribution in [1.29, 1.82) is 0 Å². The second-order valence-corrected chi connectivity index (χ2v) is 10.9. The van der Waals surface area contributed by atoms with Crippen molar-refractivity contribution in [3.63, 3.8) is 0 Å². The van der Waals surface area contributed by atoms with E-state index in [4.69, 9.17) is 11.6 Å². The van der Waals surface area contributed by atoms with Crippen LogP contribution in [0.5, 0.6) is 0 Å². The number of nitrogens with one attached hydrogen (secondary N) is 1. The van der Waals surface area contributed by atoms with E-state index in [1.165, 1.54) is 40.9 Å². The van der Waals surface area contributed by atoms with E-state index in [2.05, 4.69) is 22.3 Å². The standard InChI is InChI=1S/C24H30ClN3O3S/c25-23-10-9-21(32(30,31)28-13-2-1-3-14-28)16-22(23)24(29)26-17-19-7-6-8-20(15-19)18-27-11-4-5-12-27/h6-10,15-16H,1-5,11-14,17-18H2,(H,26,29). The van der Waals surface area contributed by atoms with Gasteiger partial charge in [-0.15, -0.1) is 0 Å². The average molecular weight is 476 g/mol. The molecule has 8 heteroatoms. The molecule has 2 heterocycles. The fraction of sp³-hybridized carbons (Fsp3) is 0.458. The molecular weight excluding hydrogens is 446 g/mol. The Balaban J connectivity index is 1.44. The van der Waals surface area contributed by atoms with Gasteiger partial charge in [0.1, 0.15) is 0 Å². The van der Waals surface area contributed by atoms with Crippen molar-refractivity contribution < 1.29 is 13.2 Å². The summed E-state index contributed by atoms with van der Waals surface area (Å²) in [5, 5.41) is 3.13. The smallest absolute Gasteiger partial charge is 0.253 e. The zero-order chi connectivity index (χ0) is 22.6. The molecule has 2 aromatic carbocycles. The fourth-order valence-electron chi connectivity index (χ4n) is 4.41. The third-order valence-corrected chi connectivity index (χ3v) is 8.41. The van der Waals surface area contributed by atoms with Crippen LogP contribution in [0.15, 0.2) is 47.4 Å². The van der Waals surface area contributed by atoms with E-state index < -0.39 is 10.0 Å². The number of carbonyl (C=O) groups excluding carboxylic acids is 1. The molecule has 32 heavy (non-hydrogen) atoms. The van der Waals surface area contributed by atoms with Gasteiger partial charge in [0.25, 0.3) is 5.91 Å². The van der Waals surface area contributed by atoms with E-state index in [-0.39, 0.29) is 21.4 Å². The minimum atomic E-state index is -3.63. The number of piperidine rings is 1. The van der Waals surface area contributed by atoms with Gasteiger partial charge in [-0.2, -0.15) is 4.31 Å². The molecule has 1 amide bonds. The summed E-state index contributed by atoms with van der Waals surface area (Å²) in [5.74, 6) is -0.379. The first kappa shape index (κ1) is 23.2. The number of nitrogens with zero attached hydrogens (tertiary/aromatic N) is 2. The van der Waals surface area contributed by atoms with Crippen LogP contribution in [0.3, 0.4) is 0 Å². The van der Waals surface area contributed by atoms with E-state index in [9.17, 15) is 13.2 Å². The van der Waals surface area contributed by atoms with Gasteiger partial charge < -0.3 is 5.32 Å². The minimum Gasteiger partial charge on any atom is -0.348 e. The van der Waals surface area contributed by atoms with Crippen molar-refractivity contribution in [3.8, 4) is 0 Å². The quantitative estimate of drug-likeness (QED) is 0.656. The molecule has 0 atom stereocenters. The van der Waals surface area contributed by atoms with Crippen LogP contribution in [0.4, 0.5) is 0 Å². The monoisotopic (exact) mass is 475 g/mol. The lowest BCUT2D eigenvalue weighted by molar-refractivity contribution is 0.0951. The molecule has 1 N–H and O–H groups in total. The predicted octanol–water partition coefficient (Wildman–Crippen LogP) is 4.04. The van der Waals surface area contributed by atoms with Crippen molar-refractivity contribution in [2.75, 3.05) is 26.2 Å². The third-order valence-electron chi connectivity index (χ3n) is 6.18. The molecule has 2 aliphatic rings. The van der Waals surface area contributed by atoms with Gasteiger partial charge in [-0.05, 0) is 68.1 Å². The van der Waals surface area contributed by atoms with Gasteiger partial charge >= 0.3 is 0 Å². The van der Waals surface area contributed by atoms with Gasteiger partial charge in [-0.25, -0.2) is 8.42 Å². The summed E-state index contributed by atoms with van der Waals surface area (Å²) in [7, 11) is -3.63. The van der Waals surface area contributed by atoms with Crippen LogP contribution >= 0.6 is 11.6 Å². The van der Waals surface area contributed by atoms with E-state index in [1.54, 1.807) is 0 Å². The number of sulfonamides is 1. The lowest BCUT2D eigenvalue weighted by Crippen LogP contribution is -2.35. The van der Waals surface area contributed by atoms with Gasteiger partial charge in [0, 0.05) is 26.2 Å². The number of amides is 1. The lowest BCUT2D eigenvalue weighted by Gasteiger charge is -2.26. The molecule has 4 rings (SSSR count). The molecule has 2 aliphatic heterocycles. The Kier molecular flexibility index (Phi) is 7.51. The Morgan fingerprint density at radius 2 is 1.59 bits per heavy atom. The van der Waals surface area contributed by atoms with Gasteiger partial charge in [0.2, 0.25) is 10.0 Å². The Labute approximate surface area is 195 Å². The molecule has 0 radical (unpaired) electrons. The van der Waals surface area contributed by atoms with Crippen molar-refractivity contribution in [2.45, 2.75) is 50.1 Å². The van der Waals surface area contributed by atoms with Gasteiger partial charge in [0.15, 0.2) is 0 Å². The maximum absolute atomic E-state index is 13.0. The molecule has 2 fully saturated rings. The first-order valence-electron chi connectivity index (χ1n) is 11.3. The molecule has 6 nitrogen and oxygen atoms in total. The maximum Gasteiger partial charge on any atom is 0.253 e. The normalized spacial score (nSPS) is 18.0. The summed E-state index contributed by atoms with van der Waals surface area (Å²) < 4.78 is 27.5. The van der Waals surface area contributed by atoms with Crippen LogP contribution in [-0.2, 0) is 23.1 Å². The highest BCUT2D eigenvalue weighted by atomic mass is 35.5. The van der Waals surface area contributed by atoms with Crippen LogP contribution in [0.25, 0.3) is 0 Å². The van der Waals surface area contributed by atoms with Gasteiger partial charge in [-0.3, -0.25) is 9.69 Å². The average Bonchev–Trinajstić information content (AvgIpc) is 3.31. The van der Waals surface area contributed by atoms with Crippen molar-refractivity contribution in [3.05, 3.63) is 64.2 Å². The molecule has 0 unspecified atom stereocenters. The van der Waals surface area contributed by atoms with Crippen LogP contribution in [0, 0.1) is 0 Å². The Morgan fingerprint density at radius 3 is 2.34 bits per heavy atom. The highest BCUT2D eigenvalue weighted by Gasteiger charge is 2.27. The van der Waals surface area contributed by atoms with Crippen LogP contribution in [0.1, 0.15) is 53.6 Å². The Bertz CT molecular complexity index is 1060. The summed E-state index contributed by atoms with van der Waals surface area (Å²) in [6.45, 7) is 4.57. The van der Waals surface area contributed by atoms with Crippen molar-refractivity contribution in [1.82, 2.24) is 14.5 Å². The van der Waals surface area contributed by atoms with Crippen molar-refractivity contribution in [2.24, 2.45) is 0 Å². The molecule has 0 bridgehead atoms. The summed E-state index contributed by atoms with van der Waals surface area (Å²) in [5.41, 5.74) is 2.41. The van der Waals surface area contributed by atoms with E-state index in [0.717, 1.165) is 44.5 Å². The van der Waals surface area contributed by atoms with E-state index in [1.807, 2.05) is 12.1 Å². The molecule has 172 valence electrons. The van der Waals surface area contributed by atoms with Crippen LogP contribution in [0.2, 0.25) is 5.02 Å². The van der Waals surface area contributed by atoms with Crippen LogP contribution in [-0.4, -0.2) is 49.7 Å². The number of hydrogen-bond acceptors (Lipinski definition) is 4. The molecule has 0 spiro atoms. The fourth-order valence-corrected chi connectivity index (χ4v) is 6.15. The van der Waals surface area contributed by atoms with E-state index >= 15 is 0 Å². The number of carbonyl (C=O) groups is 1. The number of benzene rings is 2. The second-order valence-electron chi connectivity index (χ2n) is 8.59. The SMILES string of the molecule is O=C(NCc1cccc(CN2CCCC2)c1)c1cc(S(=O)(=O)N2CCCCC2)ccc1Cl. The number of hydrogen-bond donors (Lipinski definition) is 1. The summed E-state index contributed by atoms with van der Waals surface area (Å²) in [6, 6.07) is 12.6. The lowest BCUT2D eigenvalue weighted by atomic mass is 10.1. The van der Waals surface area contributed by atoms with Crippen molar-refractivity contribution >= 4 is 27.5 Å². The van der Waals surface area contributed by atoms with Crippen LogP contribution < -0.4 is 5.32 Å². The number of halogens is 1. The molecular formula is C24H30ClN3O3S. The Morgan fingerprint density at radius 1 is 0.906 bits per heavy atom. The van der Waals surface area contributed by atoms with E-state index in [0.29, 0.717) is 19.6 Å².